The van der Waals surface area contributed by atoms with E-state index in [1.54, 1.807) is 0 Å². The minimum atomic E-state index is -1.20. The van der Waals surface area contributed by atoms with Gasteiger partial charge in [-0.3, -0.25) is 14.9 Å². The Bertz CT molecular complexity index is 667. The van der Waals surface area contributed by atoms with Crippen molar-refractivity contribution in [2.45, 2.75) is 19.3 Å². The smallest absolute Gasteiger partial charge is 0.276 e. The number of carbonyl (C=O) groups is 3. The van der Waals surface area contributed by atoms with E-state index in [1.807, 2.05) is 0 Å². The molecule has 1 saturated heterocycles. The van der Waals surface area contributed by atoms with Crippen molar-refractivity contribution in [1.82, 2.24) is 5.32 Å². The number of nitrogens with one attached hydrogen (secondary N) is 1. The van der Waals surface area contributed by atoms with E-state index in [4.69, 9.17) is 11.6 Å². The number of rotatable bonds is 1. The topological polar surface area (TPSA) is 66.5 Å². The Hall–Kier alpha value is -1.47. The fourth-order valence-electron chi connectivity index (χ4n) is 2.60. The van der Waals surface area contributed by atoms with Crippen LogP contribution in [0.25, 0.3) is 0 Å². The lowest BCUT2D eigenvalue weighted by Gasteiger charge is -2.44. The zero-order valence-corrected chi connectivity index (χ0v) is 12.9. The summed E-state index contributed by atoms with van der Waals surface area (Å²) in [5.74, 6) is -1.79. The molecular weight excluding hydrogens is 367 g/mol. The summed E-state index contributed by atoms with van der Waals surface area (Å²) in [4.78, 5) is 37.4. The Kier molecular flexibility index (Phi) is 3.29. The molecule has 0 aromatic heterocycles. The number of halogens is 3. The molecule has 0 radical (unpaired) electrons. The van der Waals surface area contributed by atoms with Crippen LogP contribution in [0.3, 0.4) is 0 Å². The van der Waals surface area contributed by atoms with Crippen molar-refractivity contribution in [3.63, 3.8) is 0 Å². The summed E-state index contributed by atoms with van der Waals surface area (Å²) < 4.78 is 13.5. The van der Waals surface area contributed by atoms with Crippen molar-refractivity contribution in [3.8, 4) is 0 Å². The third-order valence-corrected chi connectivity index (χ3v) is 4.78. The number of anilines is 1. The summed E-state index contributed by atoms with van der Waals surface area (Å²) in [6, 6.07) is 1.23. The van der Waals surface area contributed by atoms with Gasteiger partial charge in [-0.1, -0.05) is 18.0 Å². The number of carbonyl (C=O) groups excluding carboxylic acids is 3. The van der Waals surface area contributed by atoms with Gasteiger partial charge < -0.3 is 0 Å². The maximum Gasteiger partial charge on any atom is 0.335 e. The van der Waals surface area contributed by atoms with Crippen molar-refractivity contribution in [2.75, 3.05) is 4.90 Å². The summed E-state index contributed by atoms with van der Waals surface area (Å²) in [7, 11) is 0. The number of hydrogen-bond acceptors (Lipinski definition) is 3. The minimum absolute atomic E-state index is 0.0411. The highest BCUT2D eigenvalue weighted by Crippen LogP contribution is 2.47. The maximum atomic E-state index is 13.3. The Morgan fingerprint density at radius 2 is 1.95 bits per heavy atom. The fraction of sp³-hybridized carbons (Fsp3) is 0.308. The van der Waals surface area contributed by atoms with Crippen LogP contribution in [-0.4, -0.2) is 17.8 Å². The van der Waals surface area contributed by atoms with Gasteiger partial charge in [0, 0.05) is 4.47 Å². The van der Waals surface area contributed by atoms with Crippen molar-refractivity contribution < 1.29 is 18.8 Å². The first kappa shape index (κ1) is 14.5. The molecule has 1 aromatic rings. The van der Waals surface area contributed by atoms with Crippen molar-refractivity contribution in [3.05, 3.63) is 27.4 Å². The van der Waals surface area contributed by atoms with Gasteiger partial charge in [-0.05, 0) is 40.9 Å². The minimum Gasteiger partial charge on any atom is -0.276 e. The maximum absolute atomic E-state index is 13.3. The van der Waals surface area contributed by atoms with Crippen LogP contribution in [-0.2, 0) is 9.59 Å². The summed E-state index contributed by atoms with van der Waals surface area (Å²) in [5, 5.41) is 2.09. The monoisotopic (exact) mass is 374 g/mol. The second-order valence-corrected chi connectivity index (χ2v) is 6.32. The molecule has 2 fully saturated rings. The molecule has 1 aliphatic carbocycles. The second kappa shape index (κ2) is 4.78. The van der Waals surface area contributed by atoms with Crippen LogP contribution in [0, 0.1) is 11.2 Å². The molecule has 0 atom stereocenters. The highest BCUT2D eigenvalue weighted by atomic mass is 79.9. The van der Waals surface area contributed by atoms with E-state index in [0.29, 0.717) is 12.8 Å². The number of benzene rings is 1. The molecule has 1 spiro atoms. The summed E-state index contributed by atoms with van der Waals surface area (Å²) in [6.07, 6.45) is 1.51. The predicted octanol–water partition coefficient (Wildman–Crippen LogP) is 2.99. The van der Waals surface area contributed by atoms with Gasteiger partial charge in [-0.15, -0.1) is 0 Å². The molecule has 1 aliphatic heterocycles. The van der Waals surface area contributed by atoms with Gasteiger partial charge in [0.1, 0.15) is 11.2 Å². The number of amides is 4. The van der Waals surface area contributed by atoms with E-state index < -0.39 is 29.1 Å². The van der Waals surface area contributed by atoms with Gasteiger partial charge in [0.05, 0.1) is 10.7 Å². The summed E-state index contributed by atoms with van der Waals surface area (Å²) in [6.45, 7) is 0. The highest BCUT2D eigenvalue weighted by molar-refractivity contribution is 9.10. The van der Waals surface area contributed by atoms with Crippen LogP contribution in [0.4, 0.5) is 14.9 Å². The molecule has 1 saturated carbocycles. The van der Waals surface area contributed by atoms with Crippen LogP contribution in [0.15, 0.2) is 16.6 Å². The number of urea groups is 1. The molecule has 3 rings (SSSR count). The Morgan fingerprint density at radius 3 is 2.48 bits per heavy atom. The lowest BCUT2D eigenvalue weighted by Crippen LogP contribution is -2.66. The predicted molar refractivity (Wildman–Crippen MR) is 76.4 cm³/mol. The van der Waals surface area contributed by atoms with Crippen LogP contribution in [0.2, 0.25) is 5.02 Å². The Balaban J connectivity index is 2.11. The van der Waals surface area contributed by atoms with Crippen molar-refractivity contribution >= 4 is 51.1 Å². The van der Waals surface area contributed by atoms with Gasteiger partial charge >= 0.3 is 6.03 Å². The number of imide groups is 2. The average Bonchev–Trinajstić information content (AvgIpc) is 2.29. The molecule has 1 heterocycles. The zero-order chi connectivity index (χ0) is 15.4. The summed E-state index contributed by atoms with van der Waals surface area (Å²) in [5.41, 5.74) is -1.16. The lowest BCUT2D eigenvalue weighted by atomic mass is 9.66. The SMILES string of the molecule is O=C1NC(=O)C2(CCC2)C(=O)N1c1c(Cl)cc(F)cc1Br. The number of nitrogens with zero attached hydrogens (tertiary/aromatic N) is 1. The number of hydrogen-bond donors (Lipinski definition) is 1. The Morgan fingerprint density at radius 1 is 1.29 bits per heavy atom. The van der Waals surface area contributed by atoms with Gasteiger partial charge in [-0.25, -0.2) is 14.1 Å². The Labute approximate surface area is 132 Å². The molecule has 0 bridgehead atoms. The van der Waals surface area contributed by atoms with E-state index in [2.05, 4.69) is 21.2 Å². The van der Waals surface area contributed by atoms with Crippen molar-refractivity contribution in [1.29, 1.82) is 0 Å². The number of barbiturate groups is 1. The average molecular weight is 376 g/mol. The fourth-order valence-corrected chi connectivity index (χ4v) is 3.61. The van der Waals surface area contributed by atoms with E-state index >= 15 is 0 Å². The highest BCUT2D eigenvalue weighted by Gasteiger charge is 2.58. The third kappa shape index (κ3) is 1.98. The molecule has 4 amide bonds. The molecule has 5 nitrogen and oxygen atoms in total. The molecule has 110 valence electrons. The normalized spacial score (nSPS) is 20.5. The molecule has 2 aliphatic rings. The van der Waals surface area contributed by atoms with Crippen LogP contribution in [0.5, 0.6) is 0 Å². The first-order valence-electron chi connectivity index (χ1n) is 6.21. The summed E-state index contributed by atoms with van der Waals surface area (Å²) >= 11 is 9.06. The molecule has 21 heavy (non-hydrogen) atoms. The van der Waals surface area contributed by atoms with Crippen LogP contribution >= 0.6 is 27.5 Å². The third-order valence-electron chi connectivity index (χ3n) is 3.88. The molecule has 1 N–H and O–H groups in total. The van der Waals surface area contributed by atoms with E-state index in [9.17, 15) is 18.8 Å². The molecule has 0 unspecified atom stereocenters. The second-order valence-electron chi connectivity index (χ2n) is 5.05. The largest absolute Gasteiger partial charge is 0.335 e. The van der Waals surface area contributed by atoms with E-state index in [-0.39, 0.29) is 15.2 Å². The van der Waals surface area contributed by atoms with Crippen LogP contribution < -0.4 is 10.2 Å². The van der Waals surface area contributed by atoms with E-state index in [0.717, 1.165) is 23.5 Å². The zero-order valence-electron chi connectivity index (χ0n) is 10.6. The van der Waals surface area contributed by atoms with E-state index in [1.165, 1.54) is 0 Å². The molecule has 1 aromatic carbocycles. The standard InChI is InChI=1S/C13H9BrClFN2O3/c14-7-4-6(16)5-8(15)9(7)18-11(20)13(2-1-3-13)10(19)17-12(18)21/h4-5H,1-3H2,(H,17,19,21). The first-order chi connectivity index (χ1) is 9.86. The molecule has 8 heteroatoms. The van der Waals surface area contributed by atoms with Crippen LogP contribution in [0.1, 0.15) is 19.3 Å². The van der Waals surface area contributed by atoms with Gasteiger partial charge in [0.2, 0.25) is 5.91 Å². The van der Waals surface area contributed by atoms with Gasteiger partial charge in [0.25, 0.3) is 5.91 Å². The molecular formula is C13H9BrClFN2O3. The van der Waals surface area contributed by atoms with Gasteiger partial charge in [0.15, 0.2) is 0 Å². The quantitative estimate of drug-likeness (QED) is 0.767. The van der Waals surface area contributed by atoms with Crippen molar-refractivity contribution in [2.24, 2.45) is 5.41 Å². The van der Waals surface area contributed by atoms with Gasteiger partial charge in [-0.2, -0.15) is 0 Å². The lowest BCUT2D eigenvalue weighted by molar-refractivity contribution is -0.148. The first-order valence-corrected chi connectivity index (χ1v) is 7.38.